The van der Waals surface area contributed by atoms with Gasteiger partial charge in [-0.05, 0) is 6.92 Å². The number of nitrogens with zero attached hydrogens (tertiary/aromatic N) is 4. The minimum atomic E-state index is 0.589. The first-order valence-corrected chi connectivity index (χ1v) is 5.05. The number of piperazine rings is 1. The summed E-state index contributed by atoms with van der Waals surface area (Å²) in [5, 5.41) is 11.4. The Labute approximate surface area is 84.1 Å². The second-order valence-corrected chi connectivity index (χ2v) is 3.91. The molecule has 5 nitrogen and oxygen atoms in total. The average Bonchev–Trinajstić information content (AvgIpc) is 2.56. The Bertz CT molecular complexity index is 295. The Morgan fingerprint density at radius 1 is 1.64 bits per heavy atom. The SMILES string of the molecule is CC1CNCCN1Cc1cn(C)nn1. The highest BCUT2D eigenvalue weighted by Crippen LogP contribution is 2.06. The van der Waals surface area contributed by atoms with Crippen LogP contribution < -0.4 is 5.32 Å². The summed E-state index contributed by atoms with van der Waals surface area (Å²) in [6.45, 7) is 6.39. The molecule has 1 aromatic heterocycles. The van der Waals surface area contributed by atoms with Crippen LogP contribution in [0.5, 0.6) is 0 Å². The highest BCUT2D eigenvalue weighted by atomic mass is 15.4. The summed E-state index contributed by atoms with van der Waals surface area (Å²) >= 11 is 0. The fraction of sp³-hybridized carbons (Fsp3) is 0.778. The predicted molar refractivity (Wildman–Crippen MR) is 53.7 cm³/mol. The van der Waals surface area contributed by atoms with E-state index in [0.29, 0.717) is 6.04 Å². The Kier molecular flexibility index (Phi) is 2.79. The molecular formula is C9H17N5. The van der Waals surface area contributed by atoms with Crippen LogP contribution in [0.15, 0.2) is 6.20 Å². The zero-order valence-corrected chi connectivity index (χ0v) is 8.77. The molecule has 1 aliphatic heterocycles. The van der Waals surface area contributed by atoms with Crippen molar-refractivity contribution in [1.82, 2.24) is 25.2 Å². The van der Waals surface area contributed by atoms with Gasteiger partial charge in [-0.1, -0.05) is 5.21 Å². The summed E-state index contributed by atoms with van der Waals surface area (Å²) in [5.41, 5.74) is 1.06. The Morgan fingerprint density at radius 3 is 3.14 bits per heavy atom. The molecule has 2 heterocycles. The molecule has 0 aliphatic carbocycles. The van der Waals surface area contributed by atoms with Crippen LogP contribution in [-0.2, 0) is 13.6 Å². The maximum atomic E-state index is 4.10. The number of aryl methyl sites for hydroxylation is 1. The molecule has 78 valence electrons. The van der Waals surface area contributed by atoms with Gasteiger partial charge in [0.25, 0.3) is 0 Å². The normalized spacial score (nSPS) is 24.0. The van der Waals surface area contributed by atoms with Gasteiger partial charge in [0.05, 0.1) is 5.69 Å². The number of aromatic nitrogens is 3. The van der Waals surface area contributed by atoms with Gasteiger partial charge in [0.2, 0.25) is 0 Å². The number of nitrogens with one attached hydrogen (secondary N) is 1. The van der Waals surface area contributed by atoms with Gasteiger partial charge in [0.15, 0.2) is 0 Å². The molecule has 1 atom stereocenters. The molecule has 5 heteroatoms. The van der Waals surface area contributed by atoms with Gasteiger partial charge in [0.1, 0.15) is 0 Å². The van der Waals surface area contributed by atoms with E-state index in [1.807, 2.05) is 13.2 Å². The average molecular weight is 195 g/mol. The van der Waals surface area contributed by atoms with Gasteiger partial charge in [-0.15, -0.1) is 5.10 Å². The minimum Gasteiger partial charge on any atom is -0.314 e. The van der Waals surface area contributed by atoms with Gasteiger partial charge in [-0.25, -0.2) is 0 Å². The quantitative estimate of drug-likeness (QED) is 0.698. The zero-order valence-electron chi connectivity index (χ0n) is 8.77. The molecule has 1 saturated heterocycles. The first-order valence-electron chi connectivity index (χ1n) is 5.05. The fourth-order valence-electron chi connectivity index (χ4n) is 1.79. The Balaban J connectivity index is 1.95. The third-order valence-corrected chi connectivity index (χ3v) is 2.65. The topological polar surface area (TPSA) is 46.0 Å². The summed E-state index contributed by atoms with van der Waals surface area (Å²) in [6, 6.07) is 0.589. The predicted octanol–water partition coefficient (Wildman–Crippen LogP) is -0.391. The Hall–Kier alpha value is -0.940. The van der Waals surface area contributed by atoms with E-state index in [-0.39, 0.29) is 0 Å². The van der Waals surface area contributed by atoms with Crippen LogP contribution in [-0.4, -0.2) is 45.6 Å². The first kappa shape index (κ1) is 9.61. The molecule has 14 heavy (non-hydrogen) atoms. The van der Waals surface area contributed by atoms with E-state index < -0.39 is 0 Å². The van der Waals surface area contributed by atoms with E-state index in [1.165, 1.54) is 0 Å². The van der Waals surface area contributed by atoms with Crippen molar-refractivity contribution in [1.29, 1.82) is 0 Å². The van der Waals surface area contributed by atoms with E-state index >= 15 is 0 Å². The lowest BCUT2D eigenvalue weighted by atomic mass is 10.2. The van der Waals surface area contributed by atoms with Crippen LogP contribution in [0.4, 0.5) is 0 Å². The van der Waals surface area contributed by atoms with Crippen LogP contribution in [0.3, 0.4) is 0 Å². The van der Waals surface area contributed by atoms with Crippen molar-refractivity contribution in [3.8, 4) is 0 Å². The third kappa shape index (κ3) is 2.10. The third-order valence-electron chi connectivity index (χ3n) is 2.65. The lowest BCUT2D eigenvalue weighted by molar-refractivity contribution is 0.163. The highest BCUT2D eigenvalue weighted by Gasteiger charge is 2.18. The van der Waals surface area contributed by atoms with E-state index in [4.69, 9.17) is 0 Å². The first-order chi connectivity index (χ1) is 6.75. The van der Waals surface area contributed by atoms with E-state index in [9.17, 15) is 0 Å². The summed E-state index contributed by atoms with van der Waals surface area (Å²) in [7, 11) is 1.90. The fourth-order valence-corrected chi connectivity index (χ4v) is 1.79. The van der Waals surface area contributed by atoms with Crippen LogP contribution in [0.2, 0.25) is 0 Å². The van der Waals surface area contributed by atoms with Crippen molar-refractivity contribution < 1.29 is 0 Å². The van der Waals surface area contributed by atoms with Gasteiger partial charge >= 0.3 is 0 Å². The largest absolute Gasteiger partial charge is 0.314 e. The molecule has 1 fully saturated rings. The lowest BCUT2D eigenvalue weighted by Crippen LogP contribution is -2.49. The van der Waals surface area contributed by atoms with Crippen LogP contribution in [0.1, 0.15) is 12.6 Å². The molecule has 1 unspecified atom stereocenters. The number of hydrogen-bond acceptors (Lipinski definition) is 4. The summed E-state index contributed by atoms with van der Waals surface area (Å²) in [6.07, 6.45) is 1.98. The monoisotopic (exact) mass is 195 g/mol. The van der Waals surface area contributed by atoms with Crippen molar-refractivity contribution in [2.75, 3.05) is 19.6 Å². The number of hydrogen-bond donors (Lipinski definition) is 1. The molecule has 2 rings (SSSR count). The van der Waals surface area contributed by atoms with Gasteiger partial charge in [0, 0.05) is 45.5 Å². The van der Waals surface area contributed by atoms with Crippen molar-refractivity contribution in [2.24, 2.45) is 7.05 Å². The standard InChI is InChI=1S/C9H17N5/c1-8-5-10-3-4-14(8)7-9-6-13(2)12-11-9/h6,8,10H,3-5,7H2,1-2H3. The van der Waals surface area contributed by atoms with Crippen LogP contribution in [0, 0.1) is 0 Å². The van der Waals surface area contributed by atoms with Crippen molar-refractivity contribution >= 4 is 0 Å². The molecule has 0 radical (unpaired) electrons. The van der Waals surface area contributed by atoms with Crippen molar-refractivity contribution in [3.63, 3.8) is 0 Å². The second kappa shape index (κ2) is 4.06. The van der Waals surface area contributed by atoms with Crippen LogP contribution >= 0.6 is 0 Å². The van der Waals surface area contributed by atoms with Crippen LogP contribution in [0.25, 0.3) is 0 Å². The Morgan fingerprint density at radius 2 is 2.50 bits per heavy atom. The molecule has 1 N–H and O–H groups in total. The van der Waals surface area contributed by atoms with Gasteiger partial charge < -0.3 is 5.32 Å². The molecule has 0 aromatic carbocycles. The van der Waals surface area contributed by atoms with E-state index in [2.05, 4.69) is 27.5 Å². The molecule has 0 spiro atoms. The smallest absolute Gasteiger partial charge is 0.0967 e. The highest BCUT2D eigenvalue weighted by molar-refractivity contribution is 4.93. The molecule has 1 aromatic rings. The van der Waals surface area contributed by atoms with E-state index in [0.717, 1.165) is 31.9 Å². The summed E-state index contributed by atoms with van der Waals surface area (Å²) in [5.74, 6) is 0. The minimum absolute atomic E-state index is 0.589. The summed E-state index contributed by atoms with van der Waals surface area (Å²) < 4.78 is 1.75. The van der Waals surface area contributed by atoms with E-state index in [1.54, 1.807) is 4.68 Å². The maximum absolute atomic E-state index is 4.10. The second-order valence-electron chi connectivity index (χ2n) is 3.91. The molecule has 1 aliphatic rings. The number of rotatable bonds is 2. The molecular weight excluding hydrogens is 178 g/mol. The molecule has 0 bridgehead atoms. The maximum Gasteiger partial charge on any atom is 0.0967 e. The lowest BCUT2D eigenvalue weighted by Gasteiger charge is -2.33. The molecule has 0 amide bonds. The zero-order chi connectivity index (χ0) is 9.97. The summed E-state index contributed by atoms with van der Waals surface area (Å²) in [4.78, 5) is 2.43. The van der Waals surface area contributed by atoms with Gasteiger partial charge in [-0.2, -0.15) is 0 Å². The van der Waals surface area contributed by atoms with Crippen molar-refractivity contribution in [2.45, 2.75) is 19.5 Å². The van der Waals surface area contributed by atoms with Gasteiger partial charge in [-0.3, -0.25) is 9.58 Å². The molecule has 0 saturated carbocycles. The van der Waals surface area contributed by atoms with Crippen molar-refractivity contribution in [3.05, 3.63) is 11.9 Å².